The van der Waals surface area contributed by atoms with Gasteiger partial charge in [-0.1, -0.05) is 18.6 Å². The molecule has 0 heterocycles. The molecule has 0 saturated carbocycles. The molecule has 1 radical (unpaired) electrons. The molecule has 0 saturated heterocycles. The Balaban J connectivity index is 2.54. The number of hydrogen-bond acceptors (Lipinski definition) is 0. The highest BCUT2D eigenvalue weighted by Crippen LogP contribution is 2.25. The van der Waals surface area contributed by atoms with Gasteiger partial charge in [0.2, 0.25) is 0 Å². The Kier molecular flexibility index (Phi) is 1.18. The zero-order valence-electron chi connectivity index (χ0n) is 4.99. The third kappa shape index (κ3) is 0.846. The molecule has 39 valence electrons. The molecule has 1 aliphatic carbocycles. The molecule has 0 aliphatic heterocycles. The Hall–Kier alpha value is -0.260. The fourth-order valence-corrected chi connectivity index (χ4v) is 0.877. The van der Waals surface area contributed by atoms with Gasteiger partial charge in [-0.05, 0) is 25.7 Å². The molecule has 0 nitrogen and oxygen atoms in total. The third-order valence-electron chi connectivity index (χ3n) is 1.64. The van der Waals surface area contributed by atoms with Crippen molar-refractivity contribution in [1.29, 1.82) is 0 Å². The van der Waals surface area contributed by atoms with E-state index in [9.17, 15) is 0 Å². The molecule has 1 rings (SSSR count). The van der Waals surface area contributed by atoms with Crippen LogP contribution in [-0.4, -0.2) is 0 Å². The summed E-state index contributed by atoms with van der Waals surface area (Å²) in [5, 5.41) is 0. The predicted molar refractivity (Wildman–Crippen MR) is 31.9 cm³/mol. The largest absolute Gasteiger partial charge is 0.0850 e. The Morgan fingerprint density at radius 1 is 1.43 bits per heavy atom. The van der Waals surface area contributed by atoms with Crippen LogP contribution in [0.5, 0.6) is 0 Å². The van der Waals surface area contributed by atoms with E-state index in [4.69, 9.17) is 0 Å². The zero-order valence-corrected chi connectivity index (χ0v) is 4.99. The molecule has 0 aromatic carbocycles. The lowest BCUT2D eigenvalue weighted by molar-refractivity contribution is 0.935. The summed E-state index contributed by atoms with van der Waals surface area (Å²) in [4.78, 5) is 0. The van der Waals surface area contributed by atoms with Crippen LogP contribution in [0.15, 0.2) is 11.6 Å². The van der Waals surface area contributed by atoms with Gasteiger partial charge in [0.15, 0.2) is 0 Å². The van der Waals surface area contributed by atoms with Gasteiger partial charge >= 0.3 is 0 Å². The van der Waals surface area contributed by atoms with Crippen LogP contribution in [0.1, 0.15) is 26.7 Å². The second-order valence-electron chi connectivity index (χ2n) is 2.21. The van der Waals surface area contributed by atoms with Crippen molar-refractivity contribution in [1.82, 2.24) is 0 Å². The fourth-order valence-electron chi connectivity index (χ4n) is 0.877. The first kappa shape index (κ1) is 4.89. The lowest BCUT2D eigenvalue weighted by Crippen LogP contribution is -1.82. The Labute approximate surface area is 45.2 Å². The molecule has 0 N–H and O–H groups in total. The minimum Gasteiger partial charge on any atom is -0.0850 e. The first-order valence-electron chi connectivity index (χ1n) is 2.80. The van der Waals surface area contributed by atoms with E-state index in [0.717, 1.165) is 0 Å². The van der Waals surface area contributed by atoms with Crippen molar-refractivity contribution in [2.75, 3.05) is 0 Å². The third-order valence-corrected chi connectivity index (χ3v) is 1.64. The van der Waals surface area contributed by atoms with E-state index in [1.165, 1.54) is 18.4 Å². The average molecular weight is 95.2 g/mol. The summed E-state index contributed by atoms with van der Waals surface area (Å²) in [6.45, 7) is 4.39. The smallest absolute Gasteiger partial charge is 0.00253 e. The van der Waals surface area contributed by atoms with E-state index < -0.39 is 0 Å². The maximum Gasteiger partial charge on any atom is -0.00253 e. The van der Waals surface area contributed by atoms with Gasteiger partial charge in [-0.3, -0.25) is 0 Å². The SMILES string of the molecule is C[C]1CCC=C1C. The molecule has 0 atom stereocenters. The van der Waals surface area contributed by atoms with Crippen LogP contribution in [0.3, 0.4) is 0 Å². The first-order chi connectivity index (χ1) is 3.30. The Morgan fingerprint density at radius 3 is 2.29 bits per heavy atom. The summed E-state index contributed by atoms with van der Waals surface area (Å²) in [7, 11) is 0. The molecule has 0 amide bonds. The van der Waals surface area contributed by atoms with Crippen molar-refractivity contribution >= 4 is 0 Å². The summed E-state index contributed by atoms with van der Waals surface area (Å²) in [5.41, 5.74) is 1.50. The topological polar surface area (TPSA) is 0 Å². The quantitative estimate of drug-likeness (QED) is 0.433. The summed E-state index contributed by atoms with van der Waals surface area (Å²) < 4.78 is 0. The summed E-state index contributed by atoms with van der Waals surface area (Å²) in [6.07, 6.45) is 4.87. The van der Waals surface area contributed by atoms with Gasteiger partial charge in [-0.15, -0.1) is 0 Å². The van der Waals surface area contributed by atoms with Crippen LogP contribution in [0.4, 0.5) is 0 Å². The molecule has 0 bridgehead atoms. The standard InChI is InChI=1S/C7H11/c1-6-4-3-5-7(6)2/h4H,3,5H2,1-2H3. The van der Waals surface area contributed by atoms with Crippen LogP contribution in [0, 0.1) is 5.92 Å². The van der Waals surface area contributed by atoms with Crippen molar-refractivity contribution in [3.05, 3.63) is 17.6 Å². The van der Waals surface area contributed by atoms with E-state index in [-0.39, 0.29) is 0 Å². The number of allylic oxidation sites excluding steroid dienone is 2. The molecule has 0 fully saturated rings. The lowest BCUT2D eigenvalue weighted by Gasteiger charge is -1.97. The zero-order chi connectivity index (χ0) is 5.28. The van der Waals surface area contributed by atoms with Crippen LogP contribution < -0.4 is 0 Å². The lowest BCUT2D eigenvalue weighted by atomic mass is 10.1. The van der Waals surface area contributed by atoms with Crippen LogP contribution in [-0.2, 0) is 0 Å². The fraction of sp³-hybridized carbons (Fsp3) is 0.571. The van der Waals surface area contributed by atoms with Crippen LogP contribution in [0.25, 0.3) is 0 Å². The second-order valence-corrected chi connectivity index (χ2v) is 2.21. The summed E-state index contributed by atoms with van der Waals surface area (Å²) >= 11 is 0. The maximum atomic E-state index is 2.30. The summed E-state index contributed by atoms with van der Waals surface area (Å²) in [6, 6.07) is 0. The highest BCUT2D eigenvalue weighted by molar-refractivity contribution is 5.24. The van der Waals surface area contributed by atoms with Gasteiger partial charge in [0, 0.05) is 0 Å². The van der Waals surface area contributed by atoms with Crippen molar-refractivity contribution in [3.63, 3.8) is 0 Å². The van der Waals surface area contributed by atoms with Gasteiger partial charge in [-0.25, -0.2) is 0 Å². The van der Waals surface area contributed by atoms with Crippen molar-refractivity contribution in [3.8, 4) is 0 Å². The van der Waals surface area contributed by atoms with Crippen LogP contribution in [0.2, 0.25) is 0 Å². The molecule has 0 heteroatoms. The predicted octanol–water partition coefficient (Wildman–Crippen LogP) is 2.32. The molecular formula is C7H11. The molecular weight excluding hydrogens is 84.1 g/mol. The molecule has 1 aliphatic rings. The minimum atomic E-state index is 1.28. The van der Waals surface area contributed by atoms with Gasteiger partial charge < -0.3 is 0 Å². The first-order valence-corrected chi connectivity index (χ1v) is 2.80. The molecule has 0 unspecified atom stereocenters. The molecule has 7 heavy (non-hydrogen) atoms. The number of hydrogen-bond donors (Lipinski definition) is 0. The van der Waals surface area contributed by atoms with E-state index in [1.54, 1.807) is 5.92 Å². The van der Waals surface area contributed by atoms with Gasteiger partial charge in [0.25, 0.3) is 0 Å². The van der Waals surface area contributed by atoms with Crippen LogP contribution >= 0.6 is 0 Å². The second kappa shape index (κ2) is 1.69. The molecule has 0 spiro atoms. The monoisotopic (exact) mass is 95.1 g/mol. The highest BCUT2D eigenvalue weighted by atomic mass is 14.1. The average Bonchev–Trinajstić information content (AvgIpc) is 1.91. The van der Waals surface area contributed by atoms with Crippen molar-refractivity contribution in [2.45, 2.75) is 26.7 Å². The minimum absolute atomic E-state index is 1.28. The van der Waals surface area contributed by atoms with Crippen molar-refractivity contribution < 1.29 is 0 Å². The van der Waals surface area contributed by atoms with Gasteiger partial charge in [-0.2, -0.15) is 0 Å². The summed E-state index contributed by atoms with van der Waals surface area (Å²) in [5.74, 6) is 1.57. The Bertz CT molecular complexity index is 90.2. The van der Waals surface area contributed by atoms with E-state index in [1.807, 2.05) is 0 Å². The van der Waals surface area contributed by atoms with Gasteiger partial charge in [0.1, 0.15) is 0 Å². The Morgan fingerprint density at radius 2 is 2.14 bits per heavy atom. The van der Waals surface area contributed by atoms with E-state index in [0.29, 0.717) is 0 Å². The molecule has 0 aromatic heterocycles. The van der Waals surface area contributed by atoms with Gasteiger partial charge in [0.05, 0.1) is 0 Å². The number of rotatable bonds is 0. The normalized spacial score (nSPS) is 22.9. The van der Waals surface area contributed by atoms with Crippen molar-refractivity contribution in [2.24, 2.45) is 0 Å². The van der Waals surface area contributed by atoms with E-state index >= 15 is 0 Å². The highest BCUT2D eigenvalue weighted by Gasteiger charge is 2.08. The van der Waals surface area contributed by atoms with E-state index in [2.05, 4.69) is 19.9 Å². The maximum absolute atomic E-state index is 2.30. The molecule has 0 aromatic rings.